The molecule has 1 aromatic heterocycles. The Labute approximate surface area is 196 Å². The lowest BCUT2D eigenvalue weighted by molar-refractivity contribution is 0.395. The van der Waals surface area contributed by atoms with Gasteiger partial charge in [-0.05, 0) is 62.2 Å². The summed E-state index contributed by atoms with van der Waals surface area (Å²) in [6.45, 7) is 5.85. The quantitative estimate of drug-likeness (QED) is 0.464. The second kappa shape index (κ2) is 8.66. The molecule has 0 radical (unpaired) electrons. The second-order valence-electron chi connectivity index (χ2n) is 8.93. The summed E-state index contributed by atoms with van der Waals surface area (Å²) in [5.41, 5.74) is 11.7. The number of hydrogen-bond acceptors (Lipinski definition) is 6. The van der Waals surface area contributed by atoms with Gasteiger partial charge in [-0.15, -0.1) is 0 Å². The number of anilines is 1. The number of rotatable bonds is 5. The van der Waals surface area contributed by atoms with E-state index in [0.29, 0.717) is 5.82 Å². The van der Waals surface area contributed by atoms with Crippen LogP contribution in [0.4, 0.5) is 14.5 Å². The van der Waals surface area contributed by atoms with E-state index in [9.17, 15) is 8.78 Å². The zero-order valence-corrected chi connectivity index (χ0v) is 19.1. The predicted molar refractivity (Wildman–Crippen MR) is 129 cm³/mol. The van der Waals surface area contributed by atoms with Crippen molar-refractivity contribution in [2.24, 2.45) is 10.7 Å². The Morgan fingerprint density at radius 2 is 1.91 bits per heavy atom. The Morgan fingerprint density at radius 1 is 1.12 bits per heavy atom. The van der Waals surface area contributed by atoms with Crippen LogP contribution >= 0.6 is 0 Å². The molecule has 0 amide bonds. The number of hydrogen-bond donors (Lipinski definition) is 4. The van der Waals surface area contributed by atoms with Crippen molar-refractivity contribution in [2.75, 3.05) is 11.9 Å². The molecule has 7 nitrogen and oxygen atoms in total. The third-order valence-corrected chi connectivity index (χ3v) is 6.09. The maximum absolute atomic E-state index is 14.0. The standard InChI is InChI=1S/C25H27F2N7/c1-15(2)34-14-18(12-31-34)23-13-30-25(28,19-8-20(26)10-21(27)9-19)33-24(23)32-22-4-3-16-5-6-29-11-17(16)7-22/h3-4,7-10,12-15,29,32-33H,5-6,11,28H2,1-2H3. The van der Waals surface area contributed by atoms with Gasteiger partial charge in [-0.3, -0.25) is 10.4 Å². The number of benzene rings is 2. The van der Waals surface area contributed by atoms with Gasteiger partial charge in [-0.25, -0.2) is 13.8 Å². The fourth-order valence-corrected chi connectivity index (χ4v) is 4.22. The van der Waals surface area contributed by atoms with E-state index in [2.05, 4.69) is 38.2 Å². The summed E-state index contributed by atoms with van der Waals surface area (Å²) in [5.74, 6) is -2.43. The van der Waals surface area contributed by atoms with Crippen molar-refractivity contribution in [3.63, 3.8) is 0 Å². The second-order valence-corrected chi connectivity index (χ2v) is 8.93. The largest absolute Gasteiger partial charge is 0.341 e. The van der Waals surface area contributed by atoms with Gasteiger partial charge in [-0.2, -0.15) is 5.10 Å². The van der Waals surface area contributed by atoms with Crippen LogP contribution in [-0.4, -0.2) is 22.5 Å². The molecule has 5 rings (SSSR count). The maximum Gasteiger partial charge on any atom is 0.210 e. The monoisotopic (exact) mass is 463 g/mol. The smallest absolute Gasteiger partial charge is 0.210 e. The van der Waals surface area contributed by atoms with Crippen LogP contribution < -0.4 is 21.7 Å². The van der Waals surface area contributed by atoms with E-state index in [1.807, 2.05) is 30.8 Å². The van der Waals surface area contributed by atoms with E-state index in [4.69, 9.17) is 5.73 Å². The molecule has 1 atom stereocenters. The first-order chi connectivity index (χ1) is 16.3. The van der Waals surface area contributed by atoms with Gasteiger partial charge in [0.15, 0.2) is 0 Å². The Kier molecular flexibility index (Phi) is 5.66. The molecule has 34 heavy (non-hydrogen) atoms. The van der Waals surface area contributed by atoms with E-state index >= 15 is 0 Å². The number of fused-ring (bicyclic) bond motifs is 1. The van der Waals surface area contributed by atoms with Crippen molar-refractivity contribution in [1.82, 2.24) is 20.4 Å². The van der Waals surface area contributed by atoms with Crippen LogP contribution in [0.5, 0.6) is 0 Å². The van der Waals surface area contributed by atoms with E-state index in [0.717, 1.165) is 42.4 Å². The molecular formula is C25H27F2N7. The molecule has 176 valence electrons. The highest BCUT2D eigenvalue weighted by Gasteiger charge is 2.32. The highest BCUT2D eigenvalue weighted by atomic mass is 19.1. The Hall–Kier alpha value is -3.56. The average molecular weight is 464 g/mol. The molecule has 3 heterocycles. The van der Waals surface area contributed by atoms with Crippen LogP contribution in [0.15, 0.2) is 59.6 Å². The fourth-order valence-electron chi connectivity index (χ4n) is 4.22. The van der Waals surface area contributed by atoms with Crippen LogP contribution in [0.2, 0.25) is 0 Å². The van der Waals surface area contributed by atoms with Crippen LogP contribution in [0.1, 0.15) is 42.1 Å². The molecule has 0 bridgehead atoms. The SMILES string of the molecule is CC(C)n1cc(C2=C(Nc3ccc4c(c3)CNCC4)NC(N)(c3cc(F)cc(F)c3)N=C2)cn1. The van der Waals surface area contributed by atoms with Crippen molar-refractivity contribution in [3.05, 3.63) is 88.5 Å². The average Bonchev–Trinajstić information content (AvgIpc) is 3.29. The van der Waals surface area contributed by atoms with Gasteiger partial charge in [0.05, 0.1) is 6.20 Å². The topological polar surface area (TPSA) is 92.3 Å². The molecule has 0 aliphatic carbocycles. The van der Waals surface area contributed by atoms with E-state index in [1.165, 1.54) is 23.3 Å². The first-order valence-corrected chi connectivity index (χ1v) is 11.3. The minimum atomic E-state index is -1.56. The number of aliphatic imine (C=N–C) groups is 1. The van der Waals surface area contributed by atoms with Gasteiger partial charge in [-0.1, -0.05) is 6.07 Å². The normalized spacial score (nSPS) is 19.8. The molecule has 2 aromatic carbocycles. The van der Waals surface area contributed by atoms with Crippen LogP contribution in [0.25, 0.3) is 5.57 Å². The highest BCUT2D eigenvalue weighted by molar-refractivity contribution is 6.12. The molecule has 0 fully saturated rings. The first kappa shape index (κ1) is 22.2. The minimum Gasteiger partial charge on any atom is -0.341 e. The summed E-state index contributed by atoms with van der Waals surface area (Å²) in [5, 5.41) is 14.4. The van der Waals surface area contributed by atoms with Gasteiger partial charge < -0.3 is 16.0 Å². The Balaban J connectivity index is 1.55. The summed E-state index contributed by atoms with van der Waals surface area (Å²) in [4.78, 5) is 4.45. The lowest BCUT2D eigenvalue weighted by Gasteiger charge is -2.34. The van der Waals surface area contributed by atoms with E-state index < -0.39 is 17.4 Å². The molecule has 9 heteroatoms. The van der Waals surface area contributed by atoms with Crippen molar-refractivity contribution < 1.29 is 8.78 Å². The lowest BCUT2D eigenvalue weighted by atomic mass is 10.00. The number of halogens is 2. The van der Waals surface area contributed by atoms with E-state index in [1.54, 1.807) is 12.4 Å². The van der Waals surface area contributed by atoms with Crippen LogP contribution in [0.3, 0.4) is 0 Å². The van der Waals surface area contributed by atoms with Gasteiger partial charge in [0.2, 0.25) is 5.79 Å². The summed E-state index contributed by atoms with van der Waals surface area (Å²) >= 11 is 0. The van der Waals surface area contributed by atoms with Crippen LogP contribution in [-0.2, 0) is 18.8 Å². The van der Waals surface area contributed by atoms with Crippen molar-refractivity contribution in [3.8, 4) is 0 Å². The molecule has 2 aliphatic heterocycles. The number of allylic oxidation sites excluding steroid dienone is 1. The molecule has 5 N–H and O–H groups in total. The Morgan fingerprint density at radius 3 is 2.65 bits per heavy atom. The fraction of sp³-hybridized carbons (Fsp3) is 0.280. The first-order valence-electron chi connectivity index (χ1n) is 11.3. The maximum atomic E-state index is 14.0. The van der Waals surface area contributed by atoms with Crippen LogP contribution in [0, 0.1) is 11.6 Å². The van der Waals surface area contributed by atoms with E-state index in [-0.39, 0.29) is 11.6 Å². The zero-order valence-electron chi connectivity index (χ0n) is 19.1. The van der Waals surface area contributed by atoms with Crippen molar-refractivity contribution in [2.45, 2.75) is 38.6 Å². The van der Waals surface area contributed by atoms with Gasteiger partial charge in [0.25, 0.3) is 0 Å². The number of nitrogens with one attached hydrogen (secondary N) is 3. The third kappa shape index (κ3) is 4.32. The van der Waals surface area contributed by atoms with Gasteiger partial charge in [0.1, 0.15) is 17.5 Å². The molecule has 0 saturated carbocycles. The van der Waals surface area contributed by atoms with Crippen molar-refractivity contribution in [1.29, 1.82) is 0 Å². The van der Waals surface area contributed by atoms with Gasteiger partial charge >= 0.3 is 0 Å². The summed E-state index contributed by atoms with van der Waals surface area (Å²) < 4.78 is 29.8. The summed E-state index contributed by atoms with van der Waals surface area (Å²) in [7, 11) is 0. The number of aromatic nitrogens is 2. The predicted octanol–water partition coefficient (Wildman–Crippen LogP) is 3.61. The molecule has 3 aromatic rings. The lowest BCUT2D eigenvalue weighted by Crippen LogP contribution is -2.51. The molecule has 1 unspecified atom stereocenters. The number of nitrogens with two attached hydrogens (primary N) is 1. The molecule has 0 spiro atoms. The Bertz CT molecular complexity index is 1270. The third-order valence-electron chi connectivity index (χ3n) is 6.09. The van der Waals surface area contributed by atoms with Gasteiger partial charge in [0, 0.05) is 53.5 Å². The molecule has 2 aliphatic rings. The van der Waals surface area contributed by atoms with Crippen molar-refractivity contribution >= 4 is 17.5 Å². The minimum absolute atomic E-state index is 0.173. The number of nitrogens with zero attached hydrogens (tertiary/aromatic N) is 3. The summed E-state index contributed by atoms with van der Waals surface area (Å²) in [6, 6.07) is 9.58. The zero-order chi connectivity index (χ0) is 23.9. The highest BCUT2D eigenvalue weighted by Crippen LogP contribution is 2.30. The molecular weight excluding hydrogens is 436 g/mol. The summed E-state index contributed by atoms with van der Waals surface area (Å²) in [6.07, 6.45) is 6.29. The molecule has 0 saturated heterocycles.